The Morgan fingerprint density at radius 2 is 2.41 bits per heavy atom. The molecule has 1 fully saturated rings. The molecule has 2 heterocycles. The third kappa shape index (κ3) is 2.71. The van der Waals surface area contributed by atoms with Crippen LogP contribution in [0.4, 0.5) is 16.2 Å². The molecule has 0 radical (unpaired) electrons. The summed E-state index contributed by atoms with van der Waals surface area (Å²) in [5, 5.41) is -0.382. The highest BCUT2D eigenvalue weighted by molar-refractivity contribution is 7.85. The van der Waals surface area contributed by atoms with Gasteiger partial charge in [-0.1, -0.05) is 0 Å². The van der Waals surface area contributed by atoms with E-state index in [1.165, 1.54) is 0 Å². The van der Waals surface area contributed by atoms with Crippen LogP contribution in [0.15, 0.2) is 12.3 Å². The summed E-state index contributed by atoms with van der Waals surface area (Å²) < 4.78 is 25.1. The molecule has 94 valence electrons. The molecule has 1 aliphatic heterocycles. The van der Waals surface area contributed by atoms with E-state index in [2.05, 4.69) is 9.97 Å². The molecule has 2 N–H and O–H groups in total. The van der Waals surface area contributed by atoms with E-state index in [4.69, 9.17) is 5.73 Å². The molecule has 2 rings (SSSR count). The molecule has 5 nitrogen and oxygen atoms in total. The number of anilines is 2. The number of alkyl halides is 1. The molecule has 1 unspecified atom stereocenters. The van der Waals surface area contributed by atoms with Gasteiger partial charge in [0.2, 0.25) is 5.95 Å². The number of halogens is 1. The van der Waals surface area contributed by atoms with Gasteiger partial charge in [0, 0.05) is 29.8 Å². The number of piperidine rings is 1. The Morgan fingerprint density at radius 3 is 3.00 bits per heavy atom. The lowest BCUT2D eigenvalue weighted by Gasteiger charge is -2.33. The summed E-state index contributed by atoms with van der Waals surface area (Å²) in [6, 6.07) is 1.59. The molecule has 1 aromatic rings. The van der Waals surface area contributed by atoms with E-state index in [1.54, 1.807) is 23.4 Å². The maximum Gasteiger partial charge on any atom is 0.227 e. The smallest absolute Gasteiger partial charge is 0.227 e. The first-order valence-corrected chi connectivity index (χ1v) is 7.00. The summed E-state index contributed by atoms with van der Waals surface area (Å²) in [4.78, 5) is 9.85. The van der Waals surface area contributed by atoms with Crippen molar-refractivity contribution in [3.8, 4) is 0 Å². The van der Waals surface area contributed by atoms with Crippen molar-refractivity contribution in [3.63, 3.8) is 0 Å². The largest absolute Gasteiger partial charge is 0.384 e. The van der Waals surface area contributed by atoms with Crippen LogP contribution in [0.2, 0.25) is 0 Å². The van der Waals surface area contributed by atoms with Crippen LogP contribution in [-0.2, 0) is 10.8 Å². The second-order valence-electron chi connectivity index (χ2n) is 4.07. The summed E-state index contributed by atoms with van der Waals surface area (Å²) in [6.45, 7) is 0.780. The predicted octanol–water partition coefficient (Wildman–Crippen LogP) is 0.354. The van der Waals surface area contributed by atoms with Crippen LogP contribution < -0.4 is 10.6 Å². The van der Waals surface area contributed by atoms with Gasteiger partial charge in [-0.3, -0.25) is 4.21 Å². The average Bonchev–Trinajstić information content (AvgIpc) is 2.28. The topological polar surface area (TPSA) is 72.1 Å². The lowest BCUT2D eigenvalue weighted by Crippen LogP contribution is -2.46. The highest BCUT2D eigenvalue weighted by Crippen LogP contribution is 2.21. The first kappa shape index (κ1) is 12.2. The third-order valence-electron chi connectivity index (χ3n) is 2.86. The average molecular weight is 258 g/mol. The van der Waals surface area contributed by atoms with Crippen LogP contribution in [-0.4, -0.2) is 44.9 Å². The van der Waals surface area contributed by atoms with E-state index in [0.29, 0.717) is 24.7 Å². The number of rotatable bonds is 2. The van der Waals surface area contributed by atoms with Gasteiger partial charge in [0.1, 0.15) is 12.0 Å². The van der Waals surface area contributed by atoms with Crippen LogP contribution in [0.3, 0.4) is 0 Å². The highest BCUT2D eigenvalue weighted by atomic mass is 32.2. The van der Waals surface area contributed by atoms with Gasteiger partial charge in [0.15, 0.2) is 0 Å². The van der Waals surface area contributed by atoms with E-state index in [-0.39, 0.29) is 11.8 Å². The Bertz CT molecular complexity index is 431. The van der Waals surface area contributed by atoms with Crippen LogP contribution in [0.1, 0.15) is 6.42 Å². The molecule has 1 aliphatic rings. The molecule has 0 saturated carbocycles. The monoisotopic (exact) mass is 258 g/mol. The number of nitrogens with two attached hydrogens (primary N) is 1. The molecule has 0 aliphatic carbocycles. The van der Waals surface area contributed by atoms with Crippen LogP contribution in [0.5, 0.6) is 0 Å². The summed E-state index contributed by atoms with van der Waals surface area (Å²) in [6.07, 6.45) is 2.53. The molecule has 1 saturated heterocycles. The van der Waals surface area contributed by atoms with Gasteiger partial charge in [0.05, 0.1) is 11.8 Å². The Balaban J connectivity index is 2.09. The fraction of sp³-hybridized carbons (Fsp3) is 0.600. The SMILES string of the molecule is CS(=O)[C@H]1CCN(c2nccc(N)n2)C[C@H]1F. The molecule has 17 heavy (non-hydrogen) atoms. The van der Waals surface area contributed by atoms with Crippen molar-refractivity contribution in [1.82, 2.24) is 9.97 Å². The Morgan fingerprint density at radius 1 is 1.65 bits per heavy atom. The van der Waals surface area contributed by atoms with Gasteiger partial charge in [-0.2, -0.15) is 4.98 Å². The maximum absolute atomic E-state index is 13.8. The Kier molecular flexibility index (Phi) is 3.56. The van der Waals surface area contributed by atoms with Crippen LogP contribution in [0, 0.1) is 0 Å². The lowest BCUT2D eigenvalue weighted by atomic mass is 10.1. The van der Waals surface area contributed by atoms with Gasteiger partial charge in [-0.25, -0.2) is 9.37 Å². The minimum Gasteiger partial charge on any atom is -0.384 e. The number of aromatic nitrogens is 2. The van der Waals surface area contributed by atoms with Crippen molar-refractivity contribution >= 4 is 22.6 Å². The summed E-state index contributed by atoms with van der Waals surface area (Å²) in [5.41, 5.74) is 5.56. The third-order valence-corrected chi connectivity index (χ3v) is 4.24. The van der Waals surface area contributed by atoms with Crippen molar-refractivity contribution in [2.75, 3.05) is 30.0 Å². The molecule has 0 spiro atoms. The fourth-order valence-electron chi connectivity index (χ4n) is 1.95. The quantitative estimate of drug-likeness (QED) is 0.829. The molecule has 1 aromatic heterocycles. The molecule has 0 amide bonds. The maximum atomic E-state index is 13.8. The Hall–Kier alpha value is -1.24. The molecular weight excluding hydrogens is 243 g/mol. The van der Waals surface area contributed by atoms with Crippen molar-refractivity contribution in [3.05, 3.63) is 12.3 Å². The fourth-order valence-corrected chi connectivity index (χ4v) is 2.89. The molecule has 0 aromatic carbocycles. The van der Waals surface area contributed by atoms with Gasteiger partial charge >= 0.3 is 0 Å². The predicted molar refractivity (Wildman–Crippen MR) is 66.0 cm³/mol. The zero-order chi connectivity index (χ0) is 12.4. The second-order valence-corrected chi connectivity index (χ2v) is 5.67. The van der Waals surface area contributed by atoms with E-state index in [1.807, 2.05) is 0 Å². The molecule has 3 atom stereocenters. The minimum atomic E-state index is -1.12. The van der Waals surface area contributed by atoms with Gasteiger partial charge < -0.3 is 10.6 Å². The summed E-state index contributed by atoms with van der Waals surface area (Å²) in [5.74, 6) is 0.805. The van der Waals surface area contributed by atoms with Crippen LogP contribution in [0.25, 0.3) is 0 Å². The van der Waals surface area contributed by atoms with Crippen molar-refractivity contribution < 1.29 is 8.60 Å². The van der Waals surface area contributed by atoms with Crippen molar-refractivity contribution in [2.45, 2.75) is 17.8 Å². The minimum absolute atomic E-state index is 0.174. The van der Waals surface area contributed by atoms with Gasteiger partial charge in [-0.15, -0.1) is 0 Å². The van der Waals surface area contributed by atoms with Gasteiger partial charge in [0.25, 0.3) is 0 Å². The zero-order valence-corrected chi connectivity index (χ0v) is 10.4. The number of nitrogen functional groups attached to an aromatic ring is 1. The standard InChI is InChI=1S/C10H15FN4OS/c1-17(16)8-3-5-15(6-7(8)11)10-13-4-2-9(12)14-10/h2,4,7-8H,3,5-6H2,1H3,(H2,12,13,14)/t7-,8+,17?/m1/s1. The normalized spacial score (nSPS) is 26.8. The van der Waals surface area contributed by atoms with Crippen molar-refractivity contribution in [1.29, 1.82) is 0 Å². The molecule has 7 heteroatoms. The Labute approximate surface area is 102 Å². The zero-order valence-electron chi connectivity index (χ0n) is 9.54. The highest BCUT2D eigenvalue weighted by Gasteiger charge is 2.32. The molecule has 0 bridgehead atoms. The first-order valence-electron chi connectivity index (χ1n) is 5.37. The van der Waals surface area contributed by atoms with Crippen LogP contribution >= 0.6 is 0 Å². The number of hydrogen-bond acceptors (Lipinski definition) is 5. The lowest BCUT2D eigenvalue weighted by molar-refractivity contribution is 0.291. The summed E-state index contributed by atoms with van der Waals surface area (Å²) in [7, 11) is -1.12. The number of hydrogen-bond donors (Lipinski definition) is 1. The molecular formula is C10H15FN4OS. The van der Waals surface area contributed by atoms with E-state index >= 15 is 0 Å². The van der Waals surface area contributed by atoms with E-state index < -0.39 is 17.0 Å². The van der Waals surface area contributed by atoms with E-state index in [0.717, 1.165) is 0 Å². The first-order chi connectivity index (χ1) is 8.08. The van der Waals surface area contributed by atoms with E-state index in [9.17, 15) is 8.60 Å². The van der Waals surface area contributed by atoms with Gasteiger partial charge in [-0.05, 0) is 12.5 Å². The summed E-state index contributed by atoms with van der Waals surface area (Å²) >= 11 is 0. The van der Waals surface area contributed by atoms with Crippen molar-refractivity contribution in [2.24, 2.45) is 0 Å². The second kappa shape index (κ2) is 4.95. The number of nitrogens with zero attached hydrogens (tertiary/aromatic N) is 3.